The van der Waals surface area contributed by atoms with Gasteiger partial charge in [-0.05, 0) is 43.7 Å². The molecule has 21 heavy (non-hydrogen) atoms. The number of thiophene rings is 1. The molecule has 114 valence electrons. The van der Waals surface area contributed by atoms with Crippen molar-refractivity contribution in [1.29, 1.82) is 0 Å². The highest BCUT2D eigenvalue weighted by molar-refractivity contribution is 7.14. The Kier molecular flexibility index (Phi) is 4.58. The third-order valence-electron chi connectivity index (χ3n) is 4.32. The zero-order valence-electron chi connectivity index (χ0n) is 12.2. The molecular weight excluding hydrogens is 284 g/mol. The fourth-order valence-corrected chi connectivity index (χ4v) is 4.23. The van der Waals surface area contributed by atoms with Gasteiger partial charge in [-0.3, -0.25) is 9.59 Å². The molecule has 1 aromatic heterocycles. The lowest BCUT2D eigenvalue weighted by atomic mass is 9.99. The summed E-state index contributed by atoms with van der Waals surface area (Å²) in [5, 5.41) is 5.86. The summed E-state index contributed by atoms with van der Waals surface area (Å²) >= 11 is 1.66. The summed E-state index contributed by atoms with van der Waals surface area (Å²) < 4.78 is 0. The molecule has 0 spiro atoms. The van der Waals surface area contributed by atoms with Crippen molar-refractivity contribution in [1.82, 2.24) is 10.6 Å². The lowest BCUT2D eigenvalue weighted by Gasteiger charge is -2.23. The standard InChI is InChI=1S/C16H22N2O2S/c19-15-8-7-12(10-17-15)18-16(20)14-9-11-5-3-1-2-4-6-13(11)21-14/h9,12H,1-8,10H2,(H,17,19)(H,18,20). The van der Waals surface area contributed by atoms with Gasteiger partial charge in [0.2, 0.25) is 5.91 Å². The van der Waals surface area contributed by atoms with Gasteiger partial charge in [-0.25, -0.2) is 0 Å². The molecular formula is C16H22N2O2S. The molecule has 1 aliphatic heterocycles. The first-order chi connectivity index (χ1) is 10.2. The van der Waals surface area contributed by atoms with Crippen molar-refractivity contribution >= 4 is 23.2 Å². The lowest BCUT2D eigenvalue weighted by Crippen LogP contribution is -2.47. The molecule has 1 atom stereocenters. The monoisotopic (exact) mass is 306 g/mol. The van der Waals surface area contributed by atoms with Crippen molar-refractivity contribution in [3.05, 3.63) is 21.4 Å². The first-order valence-corrected chi connectivity index (χ1v) is 8.73. The zero-order chi connectivity index (χ0) is 14.7. The smallest absolute Gasteiger partial charge is 0.261 e. The van der Waals surface area contributed by atoms with Gasteiger partial charge >= 0.3 is 0 Å². The summed E-state index contributed by atoms with van der Waals surface area (Å²) in [6.07, 6.45) is 8.56. The molecule has 1 fully saturated rings. The van der Waals surface area contributed by atoms with E-state index in [0.717, 1.165) is 24.1 Å². The summed E-state index contributed by atoms with van der Waals surface area (Å²) in [6.45, 7) is 0.551. The van der Waals surface area contributed by atoms with Crippen LogP contribution in [0.5, 0.6) is 0 Å². The number of carbonyl (C=O) groups is 2. The van der Waals surface area contributed by atoms with Crippen molar-refractivity contribution in [3.8, 4) is 0 Å². The summed E-state index contributed by atoms with van der Waals surface area (Å²) in [7, 11) is 0. The van der Waals surface area contributed by atoms with E-state index in [2.05, 4.69) is 16.7 Å². The molecule has 3 rings (SSSR count). The highest BCUT2D eigenvalue weighted by atomic mass is 32.1. The number of fused-ring (bicyclic) bond motifs is 1. The third kappa shape index (κ3) is 3.64. The predicted molar refractivity (Wildman–Crippen MR) is 83.7 cm³/mol. The number of hydrogen-bond donors (Lipinski definition) is 2. The Morgan fingerprint density at radius 2 is 2.00 bits per heavy atom. The molecule has 0 aromatic carbocycles. The molecule has 2 heterocycles. The SMILES string of the molecule is O=C1CCC(NC(=O)c2cc3c(s2)CCCCCC3)CN1. The van der Waals surface area contributed by atoms with Crippen LogP contribution < -0.4 is 10.6 Å². The van der Waals surface area contributed by atoms with Gasteiger partial charge in [0, 0.05) is 23.9 Å². The van der Waals surface area contributed by atoms with Gasteiger partial charge in [0.1, 0.15) is 0 Å². The molecule has 1 unspecified atom stereocenters. The van der Waals surface area contributed by atoms with E-state index in [1.54, 1.807) is 11.3 Å². The van der Waals surface area contributed by atoms with Gasteiger partial charge in [-0.2, -0.15) is 0 Å². The first-order valence-electron chi connectivity index (χ1n) is 7.91. The predicted octanol–water partition coefficient (Wildman–Crippen LogP) is 2.42. The summed E-state index contributed by atoms with van der Waals surface area (Å²) in [6, 6.07) is 2.15. The number of carbonyl (C=O) groups excluding carboxylic acids is 2. The minimum absolute atomic E-state index is 0.0212. The highest BCUT2D eigenvalue weighted by Crippen LogP contribution is 2.28. The van der Waals surface area contributed by atoms with E-state index in [1.807, 2.05) is 0 Å². The molecule has 4 nitrogen and oxygen atoms in total. The van der Waals surface area contributed by atoms with Crippen molar-refractivity contribution in [2.75, 3.05) is 6.54 Å². The topological polar surface area (TPSA) is 58.2 Å². The molecule has 0 radical (unpaired) electrons. The van der Waals surface area contributed by atoms with Gasteiger partial charge in [-0.1, -0.05) is 12.8 Å². The van der Waals surface area contributed by atoms with Gasteiger partial charge in [0.05, 0.1) is 4.88 Å². The average molecular weight is 306 g/mol. The molecule has 2 amide bonds. The molecule has 0 saturated carbocycles. The number of rotatable bonds is 2. The Morgan fingerprint density at radius 3 is 2.76 bits per heavy atom. The van der Waals surface area contributed by atoms with E-state index in [4.69, 9.17) is 0 Å². The van der Waals surface area contributed by atoms with Crippen LogP contribution >= 0.6 is 11.3 Å². The number of aryl methyl sites for hydroxylation is 2. The van der Waals surface area contributed by atoms with E-state index in [9.17, 15) is 9.59 Å². The number of amides is 2. The summed E-state index contributed by atoms with van der Waals surface area (Å²) in [4.78, 5) is 25.7. The molecule has 0 bridgehead atoms. The minimum Gasteiger partial charge on any atom is -0.354 e. The summed E-state index contributed by atoms with van der Waals surface area (Å²) in [5.41, 5.74) is 1.38. The maximum absolute atomic E-state index is 12.4. The molecule has 1 aliphatic carbocycles. The Labute approximate surface area is 129 Å². The second-order valence-corrected chi connectivity index (χ2v) is 7.12. The third-order valence-corrected chi connectivity index (χ3v) is 5.56. The van der Waals surface area contributed by atoms with Crippen LogP contribution in [0.25, 0.3) is 0 Å². The minimum atomic E-state index is 0.0212. The molecule has 5 heteroatoms. The van der Waals surface area contributed by atoms with Crippen LogP contribution in [0.4, 0.5) is 0 Å². The van der Waals surface area contributed by atoms with Crippen LogP contribution in [0.15, 0.2) is 6.07 Å². The van der Waals surface area contributed by atoms with E-state index >= 15 is 0 Å². The van der Waals surface area contributed by atoms with E-state index in [0.29, 0.717) is 13.0 Å². The molecule has 1 saturated heterocycles. The van der Waals surface area contributed by atoms with Crippen molar-refractivity contribution in [2.24, 2.45) is 0 Å². The fourth-order valence-electron chi connectivity index (χ4n) is 3.07. The number of piperidine rings is 1. The van der Waals surface area contributed by atoms with Gasteiger partial charge in [-0.15, -0.1) is 11.3 Å². The number of nitrogens with one attached hydrogen (secondary N) is 2. The second-order valence-electron chi connectivity index (χ2n) is 5.99. The van der Waals surface area contributed by atoms with Crippen molar-refractivity contribution < 1.29 is 9.59 Å². The van der Waals surface area contributed by atoms with E-state index in [1.165, 1.54) is 36.1 Å². The zero-order valence-corrected chi connectivity index (χ0v) is 13.1. The van der Waals surface area contributed by atoms with Crippen LogP contribution in [0.1, 0.15) is 58.6 Å². The van der Waals surface area contributed by atoms with Crippen LogP contribution in [0.3, 0.4) is 0 Å². The van der Waals surface area contributed by atoms with Crippen molar-refractivity contribution in [3.63, 3.8) is 0 Å². The second kappa shape index (κ2) is 6.60. The first kappa shape index (κ1) is 14.6. The maximum atomic E-state index is 12.4. The van der Waals surface area contributed by atoms with Gasteiger partial charge in [0.25, 0.3) is 5.91 Å². The largest absolute Gasteiger partial charge is 0.354 e. The maximum Gasteiger partial charge on any atom is 0.261 e. The normalized spacial score (nSPS) is 22.7. The van der Waals surface area contributed by atoms with Gasteiger partial charge in [0.15, 0.2) is 0 Å². The Bertz CT molecular complexity index is 503. The van der Waals surface area contributed by atoms with E-state index in [-0.39, 0.29) is 17.9 Å². The Balaban J connectivity index is 1.64. The fraction of sp³-hybridized carbons (Fsp3) is 0.625. The number of hydrogen-bond acceptors (Lipinski definition) is 3. The molecule has 2 aliphatic rings. The Hall–Kier alpha value is -1.36. The van der Waals surface area contributed by atoms with Crippen molar-refractivity contribution in [2.45, 2.75) is 57.4 Å². The van der Waals surface area contributed by atoms with Crippen LogP contribution in [-0.2, 0) is 17.6 Å². The Morgan fingerprint density at radius 1 is 1.19 bits per heavy atom. The molecule has 1 aromatic rings. The van der Waals surface area contributed by atoms with Crippen LogP contribution in [0.2, 0.25) is 0 Å². The van der Waals surface area contributed by atoms with Gasteiger partial charge < -0.3 is 10.6 Å². The highest BCUT2D eigenvalue weighted by Gasteiger charge is 2.22. The van der Waals surface area contributed by atoms with Crippen LogP contribution in [-0.4, -0.2) is 24.4 Å². The molecule has 2 N–H and O–H groups in total. The lowest BCUT2D eigenvalue weighted by molar-refractivity contribution is -0.122. The quantitative estimate of drug-likeness (QED) is 0.881. The van der Waals surface area contributed by atoms with Crippen LogP contribution in [0, 0.1) is 0 Å². The van der Waals surface area contributed by atoms with E-state index < -0.39 is 0 Å². The summed E-state index contributed by atoms with van der Waals surface area (Å²) in [5.74, 6) is 0.104. The average Bonchev–Trinajstić information content (AvgIpc) is 2.84.